The van der Waals surface area contributed by atoms with Crippen LogP contribution in [0.3, 0.4) is 0 Å². The third kappa shape index (κ3) is 5.09. The second-order valence-electron chi connectivity index (χ2n) is 8.66. The van der Waals surface area contributed by atoms with Crippen LogP contribution in [0.1, 0.15) is 49.3 Å². The van der Waals surface area contributed by atoms with Gasteiger partial charge in [-0.2, -0.15) is 15.1 Å². The van der Waals surface area contributed by atoms with Gasteiger partial charge in [0.05, 0.1) is 22.5 Å². The van der Waals surface area contributed by atoms with E-state index < -0.39 is 5.82 Å². The summed E-state index contributed by atoms with van der Waals surface area (Å²) >= 11 is 6.28. The molecule has 34 heavy (non-hydrogen) atoms. The number of Topliss-reactive ketones (excluding diaryl/α,β-unsaturated/α-hetero) is 1. The van der Waals surface area contributed by atoms with Gasteiger partial charge in [-0.25, -0.2) is 14.4 Å². The zero-order valence-corrected chi connectivity index (χ0v) is 19.8. The van der Waals surface area contributed by atoms with Crippen molar-refractivity contribution in [3.63, 3.8) is 0 Å². The Hall–Kier alpha value is -3.73. The van der Waals surface area contributed by atoms with E-state index in [1.807, 2.05) is 20.8 Å². The summed E-state index contributed by atoms with van der Waals surface area (Å²) in [5.41, 5.74) is 0.916. The first-order chi connectivity index (χ1) is 16.1. The topological polar surface area (TPSA) is 125 Å². The highest BCUT2D eigenvalue weighted by Gasteiger charge is 2.24. The lowest BCUT2D eigenvalue weighted by atomic mass is 9.96. The molecule has 0 spiro atoms. The summed E-state index contributed by atoms with van der Waals surface area (Å²) < 4.78 is 21.8. The third-order valence-corrected chi connectivity index (χ3v) is 5.30. The zero-order chi connectivity index (χ0) is 24.5. The molecule has 0 bridgehead atoms. The summed E-state index contributed by atoms with van der Waals surface area (Å²) in [6, 6.07) is 3.16. The summed E-state index contributed by atoms with van der Waals surface area (Å²) in [5.74, 6) is -0.303. The third-order valence-electron chi connectivity index (χ3n) is 4.89. The fourth-order valence-corrected chi connectivity index (χ4v) is 3.31. The van der Waals surface area contributed by atoms with Gasteiger partial charge >= 0.3 is 0 Å². The van der Waals surface area contributed by atoms with Crippen molar-refractivity contribution in [1.82, 2.24) is 34.9 Å². The van der Waals surface area contributed by atoms with Crippen LogP contribution >= 0.6 is 11.6 Å². The highest BCUT2D eigenvalue weighted by molar-refractivity contribution is 6.31. The molecule has 4 aromatic rings. The number of rotatable bonds is 7. The van der Waals surface area contributed by atoms with Crippen LogP contribution < -0.4 is 5.32 Å². The summed E-state index contributed by atoms with van der Waals surface area (Å²) in [7, 11) is 1.78. The van der Waals surface area contributed by atoms with Crippen molar-refractivity contribution >= 4 is 29.0 Å². The second-order valence-corrected chi connectivity index (χ2v) is 9.03. The van der Waals surface area contributed by atoms with Crippen molar-refractivity contribution in [3.8, 4) is 11.4 Å². The van der Waals surface area contributed by atoms with E-state index in [1.165, 1.54) is 12.4 Å². The highest BCUT2D eigenvalue weighted by Crippen LogP contribution is 2.30. The number of halogens is 2. The van der Waals surface area contributed by atoms with E-state index in [0.29, 0.717) is 17.1 Å². The number of carbonyl (C=O) groups excluding carboxylic acids is 1. The molecule has 0 unspecified atom stereocenters. The number of ketones is 1. The second kappa shape index (κ2) is 9.26. The van der Waals surface area contributed by atoms with Crippen LogP contribution in [0.25, 0.3) is 11.4 Å². The Morgan fingerprint density at radius 2 is 2.03 bits per heavy atom. The van der Waals surface area contributed by atoms with Crippen molar-refractivity contribution in [2.75, 3.05) is 5.32 Å². The van der Waals surface area contributed by atoms with Crippen molar-refractivity contribution in [2.45, 2.75) is 39.0 Å². The molecule has 176 valence electrons. The molecule has 0 aliphatic carbocycles. The Bertz CT molecular complexity index is 1340. The lowest BCUT2D eigenvalue weighted by molar-refractivity contribution is 0.0940. The average molecular weight is 485 g/mol. The summed E-state index contributed by atoms with van der Waals surface area (Å²) in [6.07, 6.45) is 4.87. The smallest absolute Gasteiger partial charge is 0.294 e. The Kier molecular flexibility index (Phi) is 6.38. The Labute approximate surface area is 199 Å². The molecule has 1 N–H and O–H groups in total. The van der Waals surface area contributed by atoms with Crippen molar-refractivity contribution in [1.29, 1.82) is 0 Å². The summed E-state index contributed by atoms with van der Waals surface area (Å²) in [5, 5.41) is 10.8. The van der Waals surface area contributed by atoms with E-state index in [0.717, 1.165) is 0 Å². The highest BCUT2D eigenvalue weighted by atomic mass is 35.5. The SMILES string of the molecule is Cn1cc(Nc2ncnc(-c3ccc(CCC(=O)c4nc(C(C)(C)C)no4)c(Cl)c3F)n2)cn1. The van der Waals surface area contributed by atoms with Gasteiger partial charge in [-0.15, -0.1) is 0 Å². The van der Waals surface area contributed by atoms with E-state index >= 15 is 4.39 Å². The van der Waals surface area contributed by atoms with E-state index in [9.17, 15) is 4.79 Å². The molecular formula is C22H22ClFN8O2. The minimum atomic E-state index is -0.682. The van der Waals surface area contributed by atoms with Gasteiger partial charge in [-0.05, 0) is 18.1 Å². The fraction of sp³-hybridized carbons (Fsp3) is 0.318. The van der Waals surface area contributed by atoms with Gasteiger partial charge in [0.15, 0.2) is 17.5 Å². The lowest BCUT2D eigenvalue weighted by Crippen LogP contribution is -2.13. The van der Waals surface area contributed by atoms with Crippen LogP contribution in [-0.4, -0.2) is 40.7 Å². The molecule has 0 fully saturated rings. The molecule has 0 amide bonds. The van der Waals surface area contributed by atoms with Gasteiger partial charge in [0, 0.05) is 25.1 Å². The summed E-state index contributed by atoms with van der Waals surface area (Å²) in [4.78, 5) is 29.0. The molecule has 0 aliphatic rings. The van der Waals surface area contributed by atoms with Gasteiger partial charge < -0.3 is 9.84 Å². The van der Waals surface area contributed by atoms with E-state index in [-0.39, 0.29) is 52.3 Å². The van der Waals surface area contributed by atoms with Gasteiger partial charge in [0.2, 0.25) is 11.7 Å². The van der Waals surface area contributed by atoms with Crippen LogP contribution in [0.5, 0.6) is 0 Å². The first-order valence-corrected chi connectivity index (χ1v) is 10.8. The normalized spacial score (nSPS) is 11.6. The Morgan fingerprint density at radius 3 is 2.71 bits per heavy atom. The van der Waals surface area contributed by atoms with Crippen molar-refractivity contribution in [2.24, 2.45) is 7.05 Å². The number of benzene rings is 1. The van der Waals surface area contributed by atoms with Crippen LogP contribution in [0.2, 0.25) is 5.02 Å². The zero-order valence-electron chi connectivity index (χ0n) is 19.0. The van der Waals surface area contributed by atoms with Crippen molar-refractivity contribution in [3.05, 3.63) is 59.0 Å². The molecule has 0 radical (unpaired) electrons. The molecule has 10 nitrogen and oxygen atoms in total. The van der Waals surface area contributed by atoms with Crippen molar-refractivity contribution < 1.29 is 13.7 Å². The summed E-state index contributed by atoms with van der Waals surface area (Å²) in [6.45, 7) is 5.75. The molecule has 3 aromatic heterocycles. The predicted molar refractivity (Wildman–Crippen MR) is 122 cm³/mol. The maximum Gasteiger partial charge on any atom is 0.294 e. The number of aryl methyl sites for hydroxylation is 2. The molecule has 0 saturated heterocycles. The predicted octanol–water partition coefficient (Wildman–Crippen LogP) is 4.30. The lowest BCUT2D eigenvalue weighted by Gasteiger charge is -2.10. The monoisotopic (exact) mass is 484 g/mol. The molecule has 4 rings (SSSR count). The molecule has 0 saturated carbocycles. The van der Waals surface area contributed by atoms with E-state index in [4.69, 9.17) is 16.1 Å². The van der Waals surface area contributed by atoms with Gasteiger partial charge in [0.25, 0.3) is 5.89 Å². The standard InChI is InChI=1S/C22H22ClFN8O2/c1-22(2,3)20-30-19(34-31-20)15(33)8-6-12-5-7-14(17(24)16(12)23)18-25-11-26-21(29-18)28-13-9-27-32(4)10-13/h5,7,9-11H,6,8H2,1-4H3,(H,25,26,28,29). The largest absolute Gasteiger partial charge is 0.331 e. The number of nitrogens with zero attached hydrogens (tertiary/aromatic N) is 7. The van der Waals surface area contributed by atoms with Crippen LogP contribution in [0, 0.1) is 5.82 Å². The van der Waals surface area contributed by atoms with Gasteiger partial charge in [-0.1, -0.05) is 43.6 Å². The first-order valence-electron chi connectivity index (χ1n) is 10.4. The molecule has 1 aromatic carbocycles. The first kappa shape index (κ1) is 23.4. The number of carbonyl (C=O) groups is 1. The Morgan fingerprint density at radius 1 is 1.24 bits per heavy atom. The number of nitrogens with one attached hydrogen (secondary N) is 1. The fourth-order valence-electron chi connectivity index (χ4n) is 3.05. The number of aromatic nitrogens is 7. The Balaban J connectivity index is 1.48. The van der Waals surface area contributed by atoms with Crippen LogP contribution in [0.4, 0.5) is 16.0 Å². The molecule has 0 atom stereocenters. The number of anilines is 2. The quantitative estimate of drug-likeness (QED) is 0.382. The average Bonchev–Trinajstić information content (AvgIpc) is 3.44. The number of hydrogen-bond acceptors (Lipinski definition) is 9. The van der Waals surface area contributed by atoms with Gasteiger partial charge in [0.1, 0.15) is 6.33 Å². The minimum absolute atomic E-state index is 0.0369. The van der Waals surface area contributed by atoms with E-state index in [2.05, 4.69) is 35.5 Å². The molecule has 12 heteroatoms. The minimum Gasteiger partial charge on any atom is -0.331 e. The molecular weight excluding hydrogens is 463 g/mol. The van der Waals surface area contributed by atoms with Crippen LogP contribution in [0.15, 0.2) is 35.4 Å². The molecule has 3 heterocycles. The maximum atomic E-state index is 15.1. The van der Waals surface area contributed by atoms with Gasteiger partial charge in [-0.3, -0.25) is 9.48 Å². The maximum absolute atomic E-state index is 15.1. The molecule has 0 aliphatic heterocycles. The van der Waals surface area contributed by atoms with Crippen LogP contribution in [-0.2, 0) is 18.9 Å². The number of hydrogen-bond donors (Lipinski definition) is 1. The van der Waals surface area contributed by atoms with E-state index in [1.54, 1.807) is 30.2 Å².